The van der Waals surface area contributed by atoms with Crippen LogP contribution in [0.3, 0.4) is 0 Å². The van der Waals surface area contributed by atoms with Crippen molar-refractivity contribution in [3.8, 4) is 16.9 Å². The van der Waals surface area contributed by atoms with Crippen LogP contribution in [-0.2, 0) is 11.3 Å². The van der Waals surface area contributed by atoms with Crippen LogP contribution in [-0.4, -0.2) is 58.2 Å². The second-order valence-corrected chi connectivity index (χ2v) is 8.70. The Morgan fingerprint density at radius 3 is 2.74 bits per heavy atom. The number of nitrogens with zero attached hydrogens (tertiary/aromatic N) is 4. The fourth-order valence-electron chi connectivity index (χ4n) is 3.13. The Labute approximate surface area is 212 Å². The third-order valence-corrected chi connectivity index (χ3v) is 4.72. The number of aromatic nitrogens is 4. The number of anilines is 2. The van der Waals surface area contributed by atoms with Gasteiger partial charge in [0.15, 0.2) is 10.8 Å². The van der Waals surface area contributed by atoms with E-state index in [0.717, 1.165) is 5.56 Å². The van der Waals surface area contributed by atoms with Crippen LogP contribution < -0.4 is 20.7 Å². The smallest absolute Gasteiger partial charge is 0.407 e. The van der Waals surface area contributed by atoms with E-state index < -0.39 is 24.6 Å². The number of carbonyl (C=O) groups is 2. The van der Waals surface area contributed by atoms with Crippen molar-refractivity contribution in [1.29, 1.82) is 0 Å². The van der Waals surface area contributed by atoms with Gasteiger partial charge in [0.1, 0.15) is 11.4 Å². The number of rotatable bonds is 8. The van der Waals surface area contributed by atoms with Crippen LogP contribution in [0.1, 0.15) is 35.4 Å². The Hall–Kier alpha value is -3.86. The molecular formula is C23H28ClN7O4. The number of para-hydroxylation sites is 1. The van der Waals surface area contributed by atoms with E-state index in [1.807, 2.05) is 11.4 Å². The molecule has 2 amide bonds. The third kappa shape index (κ3) is 6.82. The Balaban J connectivity index is 1.81. The van der Waals surface area contributed by atoms with Gasteiger partial charge in [0.05, 0.1) is 31.2 Å². The molecule has 0 fully saturated rings. The third-order valence-electron chi connectivity index (χ3n) is 4.53. The van der Waals surface area contributed by atoms with E-state index in [2.05, 4.69) is 25.9 Å². The van der Waals surface area contributed by atoms with Crippen molar-refractivity contribution in [2.75, 3.05) is 25.9 Å². The average molecular weight is 505 g/mol. The maximum atomic E-state index is 12.5. The molecule has 0 atom stereocenters. The predicted octanol–water partition coefficient (Wildman–Crippen LogP) is 3.63. The van der Waals surface area contributed by atoms with Crippen molar-refractivity contribution in [3.05, 3.63) is 47.5 Å². The Morgan fingerprint density at radius 2 is 2.03 bits per heavy atom. The first-order valence-electron chi connectivity index (χ1n) is 12.0. The van der Waals surface area contributed by atoms with Crippen LogP contribution in [0.25, 0.3) is 11.1 Å². The van der Waals surface area contributed by atoms with E-state index in [1.54, 1.807) is 50.0 Å². The molecule has 0 unspecified atom stereocenters. The summed E-state index contributed by atoms with van der Waals surface area (Å²) < 4.78 is 34.4. The molecule has 0 bridgehead atoms. The number of carbonyl (C=O) groups excluding carboxylic acids is 2. The minimum Gasteiger partial charge on any atom is -0.494 e. The van der Waals surface area contributed by atoms with E-state index >= 15 is 0 Å². The van der Waals surface area contributed by atoms with E-state index in [4.69, 9.17) is 25.2 Å². The molecule has 0 aliphatic rings. The lowest BCUT2D eigenvalue weighted by Gasteiger charge is -2.19. The van der Waals surface area contributed by atoms with Crippen molar-refractivity contribution in [2.24, 2.45) is 0 Å². The van der Waals surface area contributed by atoms with E-state index in [9.17, 15) is 9.59 Å². The highest BCUT2D eigenvalue weighted by Gasteiger charge is 2.18. The molecule has 1 aromatic carbocycles. The normalized spacial score (nSPS) is 12.7. The number of nitrogens with one attached hydrogen (secondary N) is 3. The number of ether oxygens (including phenoxy) is 2. The minimum atomic E-state index is -2.71. The van der Waals surface area contributed by atoms with Gasteiger partial charge >= 0.3 is 6.09 Å². The number of amides is 2. The van der Waals surface area contributed by atoms with E-state index in [0.29, 0.717) is 30.1 Å². The van der Waals surface area contributed by atoms with Crippen molar-refractivity contribution >= 4 is 35.0 Å². The lowest BCUT2D eigenvalue weighted by atomic mass is 10.1. The zero-order chi connectivity index (χ0) is 28.1. The number of alkyl carbamates (subject to hydrolysis) is 1. The zero-order valence-electron chi connectivity index (χ0n) is 22.7. The summed E-state index contributed by atoms with van der Waals surface area (Å²) in [6, 6.07) is 6.65. The number of benzene rings is 1. The standard InChI is InChI=1S/C23H28ClN7O4/c1-23(2,3)35-22(33)26-9-10-31-13-14(12-27-31)15-7-6-8-16(20(15)34-5)28-17-11-18(24)29-30-19(17)21(32)25-4/h6-8,11-13H,9-10H2,1-5H3,(H,25,32)(H,26,33)(H,28,29)/i4D3. The lowest BCUT2D eigenvalue weighted by Crippen LogP contribution is -2.34. The molecule has 0 spiro atoms. The van der Waals surface area contributed by atoms with E-state index in [-0.39, 0.29) is 16.5 Å². The Bertz CT molecular complexity index is 1310. The molecule has 3 N–H and O–H groups in total. The molecule has 0 aliphatic carbocycles. The maximum Gasteiger partial charge on any atom is 0.407 e. The lowest BCUT2D eigenvalue weighted by molar-refractivity contribution is 0.0525. The summed E-state index contributed by atoms with van der Waals surface area (Å²) in [6.45, 7) is 3.37. The number of hydrogen-bond donors (Lipinski definition) is 3. The van der Waals surface area contributed by atoms with Crippen molar-refractivity contribution < 1.29 is 23.2 Å². The Morgan fingerprint density at radius 1 is 1.23 bits per heavy atom. The molecule has 12 heteroatoms. The highest BCUT2D eigenvalue weighted by atomic mass is 35.5. The van der Waals surface area contributed by atoms with Gasteiger partial charge in [-0.2, -0.15) is 5.10 Å². The monoisotopic (exact) mass is 504 g/mol. The van der Waals surface area contributed by atoms with Crippen LogP contribution in [0.2, 0.25) is 5.15 Å². The van der Waals surface area contributed by atoms with Gasteiger partial charge in [-0.05, 0) is 26.8 Å². The van der Waals surface area contributed by atoms with Gasteiger partial charge in [0.25, 0.3) is 5.91 Å². The highest BCUT2D eigenvalue weighted by molar-refractivity contribution is 6.29. The topological polar surface area (TPSA) is 132 Å². The summed E-state index contributed by atoms with van der Waals surface area (Å²) in [5.41, 5.74) is 1.15. The molecular weight excluding hydrogens is 474 g/mol. The summed E-state index contributed by atoms with van der Waals surface area (Å²) in [5, 5.41) is 19.3. The molecule has 2 heterocycles. The Kier molecular flexibility index (Phi) is 6.83. The molecule has 186 valence electrons. The van der Waals surface area contributed by atoms with Gasteiger partial charge in [-0.1, -0.05) is 23.7 Å². The molecule has 3 aromatic rings. The predicted molar refractivity (Wildman–Crippen MR) is 132 cm³/mol. The summed E-state index contributed by atoms with van der Waals surface area (Å²) >= 11 is 5.98. The molecule has 11 nitrogen and oxygen atoms in total. The summed E-state index contributed by atoms with van der Waals surface area (Å²) in [4.78, 5) is 24.3. The first-order valence-corrected chi connectivity index (χ1v) is 10.9. The second kappa shape index (κ2) is 11.0. The zero-order valence-corrected chi connectivity index (χ0v) is 20.4. The van der Waals surface area contributed by atoms with Crippen LogP contribution in [0.4, 0.5) is 16.2 Å². The SMILES string of the molecule is [2H]C([2H])([2H])NC(=O)c1nnc(Cl)cc1Nc1cccc(-c2cnn(CCNC(=O)OC(C)(C)C)c2)c1OC. The summed E-state index contributed by atoms with van der Waals surface area (Å²) in [7, 11) is 1.49. The van der Waals surface area contributed by atoms with Gasteiger partial charge in [-0.3, -0.25) is 9.48 Å². The second-order valence-electron chi connectivity index (χ2n) is 8.32. The fourth-order valence-corrected chi connectivity index (χ4v) is 3.28. The van der Waals surface area contributed by atoms with Crippen LogP contribution in [0.15, 0.2) is 36.7 Å². The molecule has 0 saturated carbocycles. The van der Waals surface area contributed by atoms with Gasteiger partial charge in [-0.15, -0.1) is 10.2 Å². The summed E-state index contributed by atoms with van der Waals surface area (Å²) in [6.07, 6.45) is 2.93. The first kappa shape index (κ1) is 21.7. The number of hydrogen-bond acceptors (Lipinski definition) is 8. The van der Waals surface area contributed by atoms with Gasteiger partial charge in [0.2, 0.25) is 0 Å². The molecule has 0 radical (unpaired) electrons. The molecule has 3 rings (SSSR count). The minimum absolute atomic E-state index is 0.00526. The van der Waals surface area contributed by atoms with Crippen molar-refractivity contribution in [1.82, 2.24) is 30.6 Å². The van der Waals surface area contributed by atoms with Crippen molar-refractivity contribution in [3.63, 3.8) is 0 Å². The highest BCUT2D eigenvalue weighted by Crippen LogP contribution is 2.38. The maximum absolute atomic E-state index is 12.5. The first-order chi connectivity index (χ1) is 17.8. The quantitative estimate of drug-likeness (QED) is 0.423. The van der Waals surface area contributed by atoms with Gasteiger partial charge < -0.3 is 25.4 Å². The largest absolute Gasteiger partial charge is 0.494 e. The van der Waals surface area contributed by atoms with Gasteiger partial charge in [-0.25, -0.2) is 4.79 Å². The average Bonchev–Trinajstić information content (AvgIpc) is 3.25. The van der Waals surface area contributed by atoms with Crippen LogP contribution >= 0.6 is 11.6 Å². The van der Waals surface area contributed by atoms with E-state index in [1.165, 1.54) is 13.2 Å². The van der Waals surface area contributed by atoms with Gasteiger partial charge in [0, 0.05) is 41.0 Å². The van der Waals surface area contributed by atoms with Crippen molar-refractivity contribution in [2.45, 2.75) is 32.9 Å². The van der Waals surface area contributed by atoms with Crippen LogP contribution in [0, 0.1) is 0 Å². The van der Waals surface area contributed by atoms with Crippen LogP contribution in [0.5, 0.6) is 5.75 Å². The molecule has 0 aliphatic heterocycles. The fraction of sp³-hybridized carbons (Fsp3) is 0.348. The number of halogens is 1. The molecule has 35 heavy (non-hydrogen) atoms. The molecule has 2 aromatic heterocycles. The summed E-state index contributed by atoms with van der Waals surface area (Å²) in [5.74, 6) is -0.526. The molecule has 0 saturated heterocycles. The number of methoxy groups -OCH3 is 1.